The summed E-state index contributed by atoms with van der Waals surface area (Å²) >= 11 is 0. The Kier molecular flexibility index (Phi) is 4.52. The summed E-state index contributed by atoms with van der Waals surface area (Å²) in [4.78, 5) is 22.7. The predicted molar refractivity (Wildman–Crippen MR) is 63.4 cm³/mol. The molecule has 7 heteroatoms. The Hall–Kier alpha value is -2.05. The lowest BCUT2D eigenvalue weighted by Gasteiger charge is -2.11. The molecule has 0 aliphatic rings. The first-order valence-corrected chi connectivity index (χ1v) is 5.49. The molecular weight excluding hydrogens is 261 g/mol. The Morgan fingerprint density at radius 3 is 2.32 bits per heavy atom. The Balaban J connectivity index is 2.78. The molecule has 1 rings (SSSR count). The number of anilines is 1. The molecule has 0 aromatic heterocycles. The van der Waals surface area contributed by atoms with Crippen LogP contribution in [0.5, 0.6) is 0 Å². The lowest BCUT2D eigenvalue weighted by atomic mass is 10.2. The van der Waals surface area contributed by atoms with E-state index in [9.17, 15) is 22.8 Å². The SMILES string of the molecule is CC(C)NC(=O)C(=O)Nc1cccc(C(F)(F)F)c1. The van der Waals surface area contributed by atoms with Crippen LogP contribution in [-0.4, -0.2) is 17.9 Å². The molecule has 0 spiro atoms. The van der Waals surface area contributed by atoms with E-state index in [1.165, 1.54) is 6.07 Å². The number of carbonyl (C=O) groups excluding carboxylic acids is 2. The van der Waals surface area contributed by atoms with Crippen LogP contribution in [0, 0.1) is 0 Å². The van der Waals surface area contributed by atoms with Gasteiger partial charge in [-0.15, -0.1) is 0 Å². The molecule has 0 aliphatic carbocycles. The van der Waals surface area contributed by atoms with Gasteiger partial charge in [-0.25, -0.2) is 0 Å². The van der Waals surface area contributed by atoms with Crippen molar-refractivity contribution in [3.8, 4) is 0 Å². The predicted octanol–water partition coefficient (Wildman–Crippen LogP) is 2.17. The van der Waals surface area contributed by atoms with Crippen molar-refractivity contribution in [1.82, 2.24) is 5.32 Å². The molecule has 1 aromatic carbocycles. The quantitative estimate of drug-likeness (QED) is 0.812. The number of rotatable bonds is 2. The standard InChI is InChI=1S/C12H13F3N2O2/c1-7(2)16-10(18)11(19)17-9-5-3-4-8(6-9)12(13,14)15/h3-7H,1-2H3,(H,16,18)(H,17,19). The van der Waals surface area contributed by atoms with Crippen LogP contribution >= 0.6 is 0 Å². The first kappa shape index (κ1) is 15.0. The maximum Gasteiger partial charge on any atom is 0.416 e. The lowest BCUT2D eigenvalue weighted by molar-refractivity contribution is -0.137. The smallest absolute Gasteiger partial charge is 0.346 e. The van der Waals surface area contributed by atoms with Crippen LogP contribution in [0.25, 0.3) is 0 Å². The third-order valence-electron chi connectivity index (χ3n) is 2.07. The second-order valence-electron chi connectivity index (χ2n) is 4.16. The van der Waals surface area contributed by atoms with E-state index in [2.05, 4.69) is 10.6 Å². The van der Waals surface area contributed by atoms with Gasteiger partial charge in [-0.05, 0) is 32.0 Å². The molecule has 0 radical (unpaired) electrons. The Labute approximate surface area is 108 Å². The zero-order valence-corrected chi connectivity index (χ0v) is 10.3. The molecule has 4 nitrogen and oxygen atoms in total. The van der Waals surface area contributed by atoms with Gasteiger partial charge >= 0.3 is 18.0 Å². The minimum absolute atomic E-state index is 0.0845. The highest BCUT2D eigenvalue weighted by atomic mass is 19.4. The van der Waals surface area contributed by atoms with E-state index in [1.54, 1.807) is 13.8 Å². The van der Waals surface area contributed by atoms with Crippen molar-refractivity contribution < 1.29 is 22.8 Å². The van der Waals surface area contributed by atoms with Crippen LogP contribution in [0.1, 0.15) is 19.4 Å². The molecule has 0 heterocycles. The number of halogens is 3. The van der Waals surface area contributed by atoms with Gasteiger partial charge in [0.25, 0.3) is 0 Å². The van der Waals surface area contributed by atoms with Crippen LogP contribution < -0.4 is 10.6 Å². The van der Waals surface area contributed by atoms with Gasteiger partial charge in [0.1, 0.15) is 0 Å². The third kappa shape index (κ3) is 4.61. The second-order valence-corrected chi connectivity index (χ2v) is 4.16. The number of hydrogen-bond acceptors (Lipinski definition) is 2. The highest BCUT2D eigenvalue weighted by Gasteiger charge is 2.30. The molecule has 0 saturated heterocycles. The normalized spacial score (nSPS) is 11.3. The highest BCUT2D eigenvalue weighted by molar-refractivity contribution is 6.39. The largest absolute Gasteiger partial charge is 0.416 e. The summed E-state index contributed by atoms with van der Waals surface area (Å²) in [6.45, 7) is 3.32. The van der Waals surface area contributed by atoms with Gasteiger partial charge in [-0.2, -0.15) is 13.2 Å². The lowest BCUT2D eigenvalue weighted by Crippen LogP contribution is -2.39. The summed E-state index contributed by atoms with van der Waals surface area (Å²) in [6.07, 6.45) is -4.50. The number of carbonyl (C=O) groups is 2. The number of benzene rings is 1. The highest BCUT2D eigenvalue weighted by Crippen LogP contribution is 2.30. The molecule has 0 saturated carbocycles. The van der Waals surface area contributed by atoms with E-state index in [4.69, 9.17) is 0 Å². The van der Waals surface area contributed by atoms with Crippen LogP contribution in [-0.2, 0) is 15.8 Å². The van der Waals surface area contributed by atoms with Crippen LogP contribution in [0.15, 0.2) is 24.3 Å². The number of amides is 2. The fourth-order valence-electron chi connectivity index (χ4n) is 1.29. The summed E-state index contributed by atoms with van der Waals surface area (Å²) in [5, 5.41) is 4.44. The average molecular weight is 274 g/mol. The van der Waals surface area contributed by atoms with Crippen molar-refractivity contribution in [2.24, 2.45) is 0 Å². The van der Waals surface area contributed by atoms with Gasteiger partial charge in [0.15, 0.2) is 0 Å². The topological polar surface area (TPSA) is 58.2 Å². The van der Waals surface area contributed by atoms with Crippen molar-refractivity contribution in [2.75, 3.05) is 5.32 Å². The summed E-state index contributed by atoms with van der Waals surface area (Å²) in [5.74, 6) is -1.90. The minimum atomic E-state index is -4.50. The molecule has 0 unspecified atom stereocenters. The molecule has 0 atom stereocenters. The van der Waals surface area contributed by atoms with Gasteiger partial charge in [0.05, 0.1) is 5.56 Å². The molecule has 104 valence electrons. The van der Waals surface area contributed by atoms with Gasteiger partial charge in [0.2, 0.25) is 0 Å². The van der Waals surface area contributed by atoms with Crippen molar-refractivity contribution in [3.63, 3.8) is 0 Å². The van der Waals surface area contributed by atoms with E-state index in [0.29, 0.717) is 0 Å². The molecule has 0 aliphatic heterocycles. The van der Waals surface area contributed by atoms with E-state index in [-0.39, 0.29) is 11.7 Å². The molecule has 0 fully saturated rings. The molecule has 0 bridgehead atoms. The zero-order valence-electron chi connectivity index (χ0n) is 10.3. The summed E-state index contributed by atoms with van der Waals surface area (Å²) in [7, 11) is 0. The summed E-state index contributed by atoms with van der Waals surface area (Å²) in [6, 6.07) is 3.83. The van der Waals surface area contributed by atoms with Gasteiger partial charge in [0, 0.05) is 11.7 Å². The Bertz CT molecular complexity index is 484. The molecular formula is C12H13F3N2O2. The Morgan fingerprint density at radius 1 is 1.16 bits per heavy atom. The summed E-state index contributed by atoms with van der Waals surface area (Å²) < 4.78 is 37.3. The molecule has 19 heavy (non-hydrogen) atoms. The van der Waals surface area contributed by atoms with E-state index >= 15 is 0 Å². The fourth-order valence-corrected chi connectivity index (χ4v) is 1.29. The molecule has 2 N–H and O–H groups in total. The van der Waals surface area contributed by atoms with Gasteiger partial charge in [-0.3, -0.25) is 9.59 Å². The van der Waals surface area contributed by atoms with E-state index in [0.717, 1.165) is 18.2 Å². The van der Waals surface area contributed by atoms with Gasteiger partial charge < -0.3 is 10.6 Å². The van der Waals surface area contributed by atoms with Crippen LogP contribution in [0.4, 0.5) is 18.9 Å². The van der Waals surface area contributed by atoms with E-state index in [1.807, 2.05) is 0 Å². The van der Waals surface area contributed by atoms with Crippen LogP contribution in [0.2, 0.25) is 0 Å². The minimum Gasteiger partial charge on any atom is -0.346 e. The molecule has 2 amide bonds. The number of nitrogens with one attached hydrogen (secondary N) is 2. The second kappa shape index (κ2) is 5.73. The third-order valence-corrected chi connectivity index (χ3v) is 2.07. The fraction of sp³-hybridized carbons (Fsp3) is 0.333. The maximum atomic E-state index is 12.4. The average Bonchev–Trinajstić information content (AvgIpc) is 2.27. The number of alkyl halides is 3. The van der Waals surface area contributed by atoms with Gasteiger partial charge in [-0.1, -0.05) is 6.07 Å². The first-order valence-electron chi connectivity index (χ1n) is 5.49. The van der Waals surface area contributed by atoms with Crippen molar-refractivity contribution in [1.29, 1.82) is 0 Å². The van der Waals surface area contributed by atoms with E-state index < -0.39 is 23.6 Å². The van der Waals surface area contributed by atoms with Crippen molar-refractivity contribution in [2.45, 2.75) is 26.1 Å². The first-order chi connectivity index (χ1) is 8.70. The molecule has 1 aromatic rings. The number of hydrogen-bond donors (Lipinski definition) is 2. The Morgan fingerprint density at radius 2 is 1.79 bits per heavy atom. The van der Waals surface area contributed by atoms with Crippen molar-refractivity contribution >= 4 is 17.5 Å². The maximum absolute atomic E-state index is 12.4. The monoisotopic (exact) mass is 274 g/mol. The van der Waals surface area contributed by atoms with Crippen LogP contribution in [0.3, 0.4) is 0 Å². The van der Waals surface area contributed by atoms with Crippen molar-refractivity contribution in [3.05, 3.63) is 29.8 Å². The summed E-state index contributed by atoms with van der Waals surface area (Å²) in [5.41, 5.74) is -0.978. The zero-order chi connectivity index (χ0) is 14.6.